The second kappa shape index (κ2) is 9.06. The van der Waals surface area contributed by atoms with Crippen molar-refractivity contribution in [3.8, 4) is 0 Å². The Kier molecular flexibility index (Phi) is 7.75. The van der Waals surface area contributed by atoms with Crippen molar-refractivity contribution in [2.75, 3.05) is 6.54 Å². The van der Waals surface area contributed by atoms with Gasteiger partial charge in [-0.05, 0) is 44.0 Å². The van der Waals surface area contributed by atoms with Gasteiger partial charge >= 0.3 is 0 Å². The number of hydrogen-bond acceptors (Lipinski definition) is 1. The molecule has 0 spiro atoms. The van der Waals surface area contributed by atoms with Gasteiger partial charge in [-0.1, -0.05) is 39.5 Å². The second-order valence-electron chi connectivity index (χ2n) is 5.94. The molecule has 0 aliphatic rings. The topological polar surface area (TPSA) is 12.0 Å². The van der Waals surface area contributed by atoms with Crippen LogP contribution in [0.4, 0.5) is 8.78 Å². The molecular weight excluding hydrogens is 256 g/mol. The van der Waals surface area contributed by atoms with E-state index >= 15 is 0 Å². The summed E-state index contributed by atoms with van der Waals surface area (Å²) >= 11 is 0. The molecule has 0 bridgehead atoms. The third kappa shape index (κ3) is 6.47. The molecule has 1 unspecified atom stereocenters. The Bertz CT molecular complexity index is 391. The Morgan fingerprint density at radius 1 is 1.00 bits per heavy atom. The molecule has 1 atom stereocenters. The van der Waals surface area contributed by atoms with Crippen LogP contribution in [-0.4, -0.2) is 6.54 Å². The van der Waals surface area contributed by atoms with Crippen molar-refractivity contribution in [1.82, 2.24) is 5.32 Å². The molecule has 1 aromatic carbocycles. The van der Waals surface area contributed by atoms with Gasteiger partial charge in [0.1, 0.15) is 11.6 Å². The van der Waals surface area contributed by atoms with Crippen molar-refractivity contribution in [3.63, 3.8) is 0 Å². The van der Waals surface area contributed by atoms with E-state index in [1.54, 1.807) is 0 Å². The zero-order valence-electron chi connectivity index (χ0n) is 12.9. The van der Waals surface area contributed by atoms with Gasteiger partial charge in [-0.3, -0.25) is 0 Å². The van der Waals surface area contributed by atoms with Gasteiger partial charge in [0.05, 0.1) is 0 Å². The quantitative estimate of drug-likeness (QED) is 0.612. The number of hydrogen-bond donors (Lipinski definition) is 1. The molecule has 0 saturated heterocycles. The van der Waals surface area contributed by atoms with E-state index in [1.807, 2.05) is 6.92 Å². The molecule has 0 fully saturated rings. The zero-order valence-corrected chi connectivity index (χ0v) is 12.9. The Labute approximate surface area is 121 Å². The van der Waals surface area contributed by atoms with Gasteiger partial charge < -0.3 is 5.32 Å². The van der Waals surface area contributed by atoms with Crippen LogP contribution in [0, 0.1) is 17.6 Å². The van der Waals surface area contributed by atoms with E-state index in [0.717, 1.165) is 24.9 Å². The van der Waals surface area contributed by atoms with Crippen LogP contribution in [0.5, 0.6) is 0 Å². The second-order valence-corrected chi connectivity index (χ2v) is 5.94. The van der Waals surface area contributed by atoms with Gasteiger partial charge in [0, 0.05) is 11.6 Å². The van der Waals surface area contributed by atoms with Gasteiger partial charge in [0.2, 0.25) is 0 Å². The lowest BCUT2D eigenvalue weighted by Crippen LogP contribution is -2.21. The van der Waals surface area contributed by atoms with Crippen molar-refractivity contribution in [2.24, 2.45) is 5.92 Å². The number of benzene rings is 1. The molecule has 0 aliphatic carbocycles. The number of nitrogens with one attached hydrogen (secondary N) is 1. The fourth-order valence-electron chi connectivity index (χ4n) is 2.31. The van der Waals surface area contributed by atoms with Gasteiger partial charge in [0.15, 0.2) is 0 Å². The number of halogens is 2. The minimum atomic E-state index is -0.385. The van der Waals surface area contributed by atoms with E-state index in [4.69, 9.17) is 0 Å². The molecule has 1 nitrogen and oxygen atoms in total. The molecule has 0 heterocycles. The highest BCUT2D eigenvalue weighted by Crippen LogP contribution is 2.18. The van der Waals surface area contributed by atoms with Crippen molar-refractivity contribution in [3.05, 3.63) is 35.4 Å². The van der Waals surface area contributed by atoms with Crippen LogP contribution in [0.25, 0.3) is 0 Å². The monoisotopic (exact) mass is 283 g/mol. The SMILES string of the molecule is CC(C)CCCCCCNC(C)c1cc(F)ccc1F. The van der Waals surface area contributed by atoms with Crippen molar-refractivity contribution in [1.29, 1.82) is 0 Å². The van der Waals surface area contributed by atoms with E-state index < -0.39 is 0 Å². The maximum absolute atomic E-state index is 13.6. The number of unbranched alkanes of at least 4 members (excludes halogenated alkanes) is 3. The summed E-state index contributed by atoms with van der Waals surface area (Å²) < 4.78 is 26.7. The van der Waals surface area contributed by atoms with Crippen LogP contribution in [0.3, 0.4) is 0 Å². The molecule has 0 aromatic heterocycles. The smallest absolute Gasteiger partial charge is 0.128 e. The average molecular weight is 283 g/mol. The zero-order chi connectivity index (χ0) is 15.0. The predicted octanol–water partition coefficient (Wildman–Crippen LogP) is 5.22. The van der Waals surface area contributed by atoms with Crippen molar-refractivity contribution in [2.45, 2.75) is 58.9 Å². The minimum absolute atomic E-state index is 0.152. The highest BCUT2D eigenvalue weighted by molar-refractivity contribution is 5.21. The predicted molar refractivity (Wildman–Crippen MR) is 80.7 cm³/mol. The maximum Gasteiger partial charge on any atom is 0.128 e. The lowest BCUT2D eigenvalue weighted by Gasteiger charge is -2.15. The van der Waals surface area contributed by atoms with Crippen LogP contribution in [0.2, 0.25) is 0 Å². The van der Waals surface area contributed by atoms with Gasteiger partial charge in [-0.2, -0.15) is 0 Å². The first-order valence-corrected chi connectivity index (χ1v) is 7.69. The maximum atomic E-state index is 13.6. The Hall–Kier alpha value is -0.960. The Balaban J connectivity index is 2.20. The highest BCUT2D eigenvalue weighted by Gasteiger charge is 2.11. The summed E-state index contributed by atoms with van der Waals surface area (Å²) in [4.78, 5) is 0. The fraction of sp³-hybridized carbons (Fsp3) is 0.647. The third-order valence-corrected chi connectivity index (χ3v) is 3.58. The lowest BCUT2D eigenvalue weighted by atomic mass is 10.0. The van der Waals surface area contributed by atoms with Crippen LogP contribution in [-0.2, 0) is 0 Å². The molecule has 20 heavy (non-hydrogen) atoms. The van der Waals surface area contributed by atoms with E-state index in [1.165, 1.54) is 37.8 Å². The summed E-state index contributed by atoms with van der Waals surface area (Å²) in [5.41, 5.74) is 0.407. The minimum Gasteiger partial charge on any atom is -0.310 e. The largest absolute Gasteiger partial charge is 0.310 e. The van der Waals surface area contributed by atoms with Crippen LogP contribution in [0.1, 0.15) is 64.5 Å². The summed E-state index contributed by atoms with van der Waals surface area (Å²) in [5, 5.41) is 3.26. The normalized spacial score (nSPS) is 12.9. The molecule has 1 aromatic rings. The molecule has 114 valence electrons. The summed E-state index contributed by atoms with van der Waals surface area (Å²) in [5.74, 6) is 0.0520. The van der Waals surface area contributed by atoms with Crippen LogP contribution in [0.15, 0.2) is 18.2 Å². The number of rotatable bonds is 9. The van der Waals surface area contributed by atoms with E-state index in [2.05, 4.69) is 19.2 Å². The van der Waals surface area contributed by atoms with Gasteiger partial charge in [-0.25, -0.2) is 8.78 Å². The summed E-state index contributed by atoms with van der Waals surface area (Å²) in [7, 11) is 0. The average Bonchev–Trinajstić information content (AvgIpc) is 2.39. The van der Waals surface area contributed by atoms with Gasteiger partial charge in [-0.15, -0.1) is 0 Å². The molecule has 1 rings (SSSR count). The van der Waals surface area contributed by atoms with E-state index in [-0.39, 0.29) is 17.7 Å². The van der Waals surface area contributed by atoms with E-state index in [0.29, 0.717) is 5.56 Å². The first kappa shape index (κ1) is 17.1. The first-order chi connectivity index (χ1) is 9.50. The fourth-order valence-corrected chi connectivity index (χ4v) is 2.31. The first-order valence-electron chi connectivity index (χ1n) is 7.69. The highest BCUT2D eigenvalue weighted by atomic mass is 19.1. The van der Waals surface area contributed by atoms with Crippen molar-refractivity contribution >= 4 is 0 Å². The summed E-state index contributed by atoms with van der Waals surface area (Å²) in [6.45, 7) is 7.21. The molecule has 0 saturated carbocycles. The Morgan fingerprint density at radius 3 is 2.40 bits per heavy atom. The molecule has 3 heteroatoms. The molecular formula is C17H27F2N. The molecule has 0 aliphatic heterocycles. The van der Waals surface area contributed by atoms with Crippen molar-refractivity contribution < 1.29 is 8.78 Å². The summed E-state index contributed by atoms with van der Waals surface area (Å²) in [6.07, 6.45) is 6.10. The molecule has 1 N–H and O–H groups in total. The third-order valence-electron chi connectivity index (χ3n) is 3.58. The van der Waals surface area contributed by atoms with E-state index in [9.17, 15) is 8.78 Å². The molecule has 0 amide bonds. The van der Waals surface area contributed by atoms with Gasteiger partial charge in [0.25, 0.3) is 0 Å². The molecule has 0 radical (unpaired) electrons. The lowest BCUT2D eigenvalue weighted by molar-refractivity contribution is 0.486. The van der Waals surface area contributed by atoms with Crippen LogP contribution < -0.4 is 5.32 Å². The summed E-state index contributed by atoms with van der Waals surface area (Å²) in [6, 6.07) is 3.46. The van der Waals surface area contributed by atoms with Crippen LogP contribution >= 0.6 is 0 Å². The Morgan fingerprint density at radius 2 is 1.70 bits per heavy atom. The standard InChI is InChI=1S/C17H27F2N/c1-13(2)8-6-4-5-7-11-20-14(3)16-12-15(18)9-10-17(16)19/h9-10,12-14,20H,4-8,11H2,1-3H3.